The first-order valence-electron chi connectivity index (χ1n) is 30.5. The minimum atomic E-state index is -0.331. The average molecular weight is 1130 g/mol. The highest BCUT2D eigenvalue weighted by molar-refractivity contribution is 6.43. The first-order valence-corrected chi connectivity index (χ1v) is 30.5. The second-order valence-electron chi connectivity index (χ2n) is 27.1. The zero-order valence-corrected chi connectivity index (χ0v) is 50.5. The van der Waals surface area contributed by atoms with E-state index in [1.807, 2.05) is 60.7 Å². The number of rotatable bonds is 8. The van der Waals surface area contributed by atoms with Gasteiger partial charge >= 0.3 is 0 Å². The fraction of sp³-hybridized carbons (Fsp3) is 0.175. The molecule has 422 valence electrons. The molecule has 0 fully saturated rings. The predicted octanol–water partition coefficient (Wildman–Crippen LogP) is 22.2. The van der Waals surface area contributed by atoms with Gasteiger partial charge in [0, 0.05) is 33.4 Å². The molecule has 7 heteroatoms. The summed E-state index contributed by atoms with van der Waals surface area (Å²) >= 11 is 0. The molecule has 0 atom stereocenters. The molecule has 0 saturated heterocycles. The summed E-state index contributed by atoms with van der Waals surface area (Å²) in [7, 11) is 0. The monoisotopic (exact) mass is 1130 g/mol. The van der Waals surface area contributed by atoms with E-state index in [4.69, 9.17) is 0 Å². The molecule has 15 aromatic rings. The minimum absolute atomic E-state index is 0.0194. The third-order valence-corrected chi connectivity index (χ3v) is 19.3. The second-order valence-corrected chi connectivity index (χ2v) is 27.1. The van der Waals surface area contributed by atoms with Crippen LogP contribution in [0.4, 0.5) is 28.4 Å². The maximum atomic E-state index is 15.0. The van der Waals surface area contributed by atoms with Gasteiger partial charge in [0.05, 0.1) is 33.2 Å². The number of amides is 2. The Labute approximate surface area is 504 Å². The molecular formula is C80H63N3O4. The number of nitrogens with zero attached hydrogens (tertiary/aromatic N) is 3. The van der Waals surface area contributed by atoms with Crippen molar-refractivity contribution in [1.29, 1.82) is 0 Å². The third kappa shape index (κ3) is 7.48. The summed E-state index contributed by atoms with van der Waals surface area (Å²) < 4.78 is 0. The van der Waals surface area contributed by atoms with Gasteiger partial charge in [-0.15, -0.1) is 0 Å². The molecule has 0 bridgehead atoms. The Balaban J connectivity index is 0.898. The number of hydrogen-bond donors (Lipinski definition) is 0. The maximum absolute atomic E-state index is 15.0. The third-order valence-electron chi connectivity index (χ3n) is 19.3. The number of benzene rings is 15. The number of nitro groups is 1. The van der Waals surface area contributed by atoms with Crippen LogP contribution in [0.1, 0.15) is 124 Å². The lowest BCUT2D eigenvalue weighted by Crippen LogP contribution is -2.41. The number of fused-ring (bicyclic) bond motifs is 2. The zero-order chi connectivity index (χ0) is 60.0. The van der Waals surface area contributed by atoms with Crippen molar-refractivity contribution in [2.75, 3.05) is 9.80 Å². The second kappa shape index (κ2) is 18.3. The molecule has 1 aliphatic heterocycles. The van der Waals surface area contributed by atoms with E-state index in [9.17, 15) is 10.1 Å². The average Bonchev–Trinajstić information content (AvgIpc) is 0.733. The van der Waals surface area contributed by atoms with Crippen LogP contribution >= 0.6 is 0 Å². The number of nitro benzene ring substituents is 1. The van der Waals surface area contributed by atoms with Crippen LogP contribution in [0.25, 0.3) is 119 Å². The molecule has 0 N–H and O–H groups in total. The van der Waals surface area contributed by atoms with E-state index in [2.05, 4.69) is 195 Å². The van der Waals surface area contributed by atoms with Gasteiger partial charge < -0.3 is 4.90 Å². The van der Waals surface area contributed by atoms with Gasteiger partial charge in [0.2, 0.25) is 0 Å². The molecule has 0 unspecified atom stereocenters. The van der Waals surface area contributed by atoms with Crippen LogP contribution in [0.15, 0.2) is 188 Å². The summed E-state index contributed by atoms with van der Waals surface area (Å²) in [6.45, 7) is 21.9. The Morgan fingerprint density at radius 3 is 1.28 bits per heavy atom. The molecule has 1 heterocycles. The Morgan fingerprint density at radius 1 is 0.391 bits per heavy atom. The highest BCUT2D eigenvalue weighted by Gasteiger charge is 2.38. The molecule has 1 aliphatic rings. The van der Waals surface area contributed by atoms with E-state index < -0.39 is 0 Å². The first-order chi connectivity index (χ1) is 41.7. The van der Waals surface area contributed by atoms with Crippen molar-refractivity contribution in [1.82, 2.24) is 0 Å². The van der Waals surface area contributed by atoms with Gasteiger partial charge in [-0.2, -0.15) is 0 Å². The molecule has 16 rings (SSSR count). The van der Waals surface area contributed by atoms with Crippen LogP contribution in [0, 0.1) is 10.1 Å². The van der Waals surface area contributed by atoms with Gasteiger partial charge in [-0.05, 0) is 178 Å². The summed E-state index contributed by atoms with van der Waals surface area (Å²) in [6.07, 6.45) is 0. The number of carbonyl (C=O) groups is 2. The Morgan fingerprint density at radius 2 is 0.793 bits per heavy atom. The van der Waals surface area contributed by atoms with Gasteiger partial charge in [-0.25, -0.2) is 4.90 Å². The minimum Gasteiger partial charge on any atom is -0.309 e. The fourth-order valence-corrected chi connectivity index (χ4v) is 15.0. The number of hydrogen-bond acceptors (Lipinski definition) is 5. The maximum Gasteiger partial charge on any atom is 0.279 e. The van der Waals surface area contributed by atoms with E-state index in [0.717, 1.165) is 98.1 Å². The van der Waals surface area contributed by atoms with Crippen molar-refractivity contribution < 1.29 is 14.5 Å². The van der Waals surface area contributed by atoms with E-state index in [-0.39, 0.29) is 45.1 Å². The van der Waals surface area contributed by atoms with E-state index in [1.165, 1.54) is 48.3 Å². The van der Waals surface area contributed by atoms with Crippen LogP contribution in [0.5, 0.6) is 0 Å². The van der Waals surface area contributed by atoms with Crippen LogP contribution in [0.2, 0.25) is 0 Å². The summed E-state index contributed by atoms with van der Waals surface area (Å²) in [5, 5.41) is 34.9. The number of carbonyl (C=O) groups excluding carboxylic acids is 2. The molecule has 0 aromatic heterocycles. The molecule has 7 nitrogen and oxygen atoms in total. The topological polar surface area (TPSA) is 83.8 Å². The lowest BCUT2D eigenvalue weighted by molar-refractivity contribution is -0.384. The van der Waals surface area contributed by atoms with Gasteiger partial charge in [0.1, 0.15) is 0 Å². The van der Waals surface area contributed by atoms with Crippen molar-refractivity contribution >= 4 is 148 Å². The van der Waals surface area contributed by atoms with Crippen LogP contribution in [-0.2, 0) is 10.8 Å². The molecule has 15 aromatic carbocycles. The van der Waals surface area contributed by atoms with Crippen molar-refractivity contribution in [2.45, 2.75) is 91.9 Å². The smallest absolute Gasteiger partial charge is 0.279 e. The summed E-state index contributed by atoms with van der Waals surface area (Å²) in [4.78, 5) is 47.5. The molecule has 0 aliphatic carbocycles. The SMILES string of the molecule is CC(C)c1cccc(C(C)C)c1N1C(=O)c2ccc3c4cccc5c(-c6ccc(N(c7ccc8ccc9cc(C(C)(C)C)cc%10ccc7c8c9%10)c7ccc8ccc9cc(C(C)(C)C)cc%10ccc7c8c9%10)cc6[N+](=O)[O-])ccc(c6ccc(c2c36)C1=O)c54. The van der Waals surface area contributed by atoms with Gasteiger partial charge in [-0.1, -0.05) is 215 Å². The number of para-hydroxylation sites is 1. The first kappa shape index (κ1) is 52.6. The molecule has 0 saturated carbocycles. The van der Waals surface area contributed by atoms with Crippen LogP contribution in [-0.4, -0.2) is 16.7 Å². The van der Waals surface area contributed by atoms with E-state index in [1.54, 1.807) is 6.07 Å². The zero-order valence-electron chi connectivity index (χ0n) is 50.5. The van der Waals surface area contributed by atoms with Crippen LogP contribution < -0.4 is 9.80 Å². The van der Waals surface area contributed by atoms with Gasteiger partial charge in [0.25, 0.3) is 17.5 Å². The van der Waals surface area contributed by atoms with Crippen LogP contribution in [0.3, 0.4) is 0 Å². The Bertz CT molecular complexity index is 5220. The Kier molecular flexibility index (Phi) is 11.0. The molecule has 87 heavy (non-hydrogen) atoms. The van der Waals surface area contributed by atoms with Crippen molar-refractivity contribution in [3.05, 3.63) is 232 Å². The molecule has 2 amide bonds. The summed E-state index contributed by atoms with van der Waals surface area (Å²) in [6, 6.07) is 65.9. The highest BCUT2D eigenvalue weighted by Crippen LogP contribution is 2.53. The standard InChI is InChI=1S/C80H63N3O4/c1-42(2)53-13-11-14-54(43(3)4)76(53)82-77(84)64-33-31-60-58-16-12-15-57-55(29-30-59(73(57)58)61-32-34-65(78(82)85)75(64)74(60)61)56-28-25-52(41-68(56)83(86)87)81(66-35-23-44-17-19-46-37-50(79(5,6)7)39-48-21-26-62(66)71(44)69(46)48)67-36-24-45-18-20-47-38-51(80(8,9)10)40-49-22-27-63(67)72(45)70(47)49/h11-43H,1-10H3. The lowest BCUT2D eigenvalue weighted by atomic mass is 9.83. The van der Waals surface area contributed by atoms with Crippen molar-refractivity contribution in [3.8, 4) is 11.1 Å². The summed E-state index contributed by atoms with van der Waals surface area (Å²) in [5.74, 6) is -0.508. The lowest BCUT2D eigenvalue weighted by Gasteiger charge is -2.32. The highest BCUT2D eigenvalue weighted by atomic mass is 16.6. The predicted molar refractivity (Wildman–Crippen MR) is 365 cm³/mol. The largest absolute Gasteiger partial charge is 0.309 e. The van der Waals surface area contributed by atoms with Gasteiger partial charge in [-0.3, -0.25) is 19.7 Å². The van der Waals surface area contributed by atoms with Gasteiger partial charge in [0.15, 0.2) is 0 Å². The molecule has 0 radical (unpaired) electrons. The quantitative estimate of drug-likeness (QED) is 0.0498. The fourth-order valence-electron chi connectivity index (χ4n) is 15.0. The van der Waals surface area contributed by atoms with E-state index >= 15 is 9.59 Å². The molecule has 0 spiro atoms. The van der Waals surface area contributed by atoms with E-state index in [0.29, 0.717) is 33.5 Å². The summed E-state index contributed by atoms with van der Waals surface area (Å²) in [5.41, 5.74) is 9.74. The molecular weight excluding hydrogens is 1070 g/mol. The Hall–Kier alpha value is -9.98. The number of anilines is 4. The van der Waals surface area contributed by atoms with Crippen molar-refractivity contribution in [2.24, 2.45) is 0 Å². The normalized spacial score (nSPS) is 13.5. The van der Waals surface area contributed by atoms with Crippen molar-refractivity contribution in [3.63, 3.8) is 0 Å². The number of imide groups is 1.